The molecule has 1 amide bonds. The van der Waals surface area contributed by atoms with Gasteiger partial charge < -0.3 is 15.5 Å². The van der Waals surface area contributed by atoms with Gasteiger partial charge in [-0.2, -0.15) is 0 Å². The van der Waals surface area contributed by atoms with Gasteiger partial charge in [-0.15, -0.1) is 0 Å². The first-order valence-electron chi connectivity index (χ1n) is 31.2. The van der Waals surface area contributed by atoms with Crippen molar-refractivity contribution in [3.8, 4) is 0 Å². The highest BCUT2D eigenvalue weighted by molar-refractivity contribution is 5.76. The number of amides is 1. The highest BCUT2D eigenvalue weighted by atomic mass is 16.3. The van der Waals surface area contributed by atoms with E-state index in [4.69, 9.17) is 0 Å². The van der Waals surface area contributed by atoms with E-state index in [2.05, 4.69) is 43.5 Å². The smallest absolute Gasteiger partial charge is 0.220 e. The van der Waals surface area contributed by atoms with Crippen LogP contribution in [-0.4, -0.2) is 34.9 Å². The van der Waals surface area contributed by atoms with E-state index < -0.39 is 12.1 Å². The molecule has 0 heterocycles. The number of aliphatic hydroxyl groups is 2. The van der Waals surface area contributed by atoms with Crippen molar-refractivity contribution in [2.45, 2.75) is 360 Å². The van der Waals surface area contributed by atoms with Gasteiger partial charge in [-0.05, 0) is 51.4 Å². The summed E-state index contributed by atoms with van der Waals surface area (Å²) in [5.41, 5.74) is 0. The van der Waals surface area contributed by atoms with E-state index in [1.807, 2.05) is 6.08 Å². The summed E-state index contributed by atoms with van der Waals surface area (Å²) in [6.07, 6.45) is 82.0. The number of carbonyl (C=O) groups is 1. The molecule has 0 aromatic carbocycles. The molecule has 402 valence electrons. The van der Waals surface area contributed by atoms with Gasteiger partial charge in [0, 0.05) is 6.42 Å². The third-order valence-electron chi connectivity index (χ3n) is 14.6. The second-order valence-corrected chi connectivity index (χ2v) is 21.5. The van der Waals surface area contributed by atoms with Gasteiger partial charge in [0.05, 0.1) is 18.8 Å². The van der Waals surface area contributed by atoms with Crippen molar-refractivity contribution in [1.82, 2.24) is 5.32 Å². The van der Waals surface area contributed by atoms with Crippen LogP contribution in [0.25, 0.3) is 0 Å². The summed E-state index contributed by atoms with van der Waals surface area (Å²) in [4.78, 5) is 12.5. The summed E-state index contributed by atoms with van der Waals surface area (Å²) in [6.45, 7) is 4.35. The van der Waals surface area contributed by atoms with Crippen LogP contribution in [0.1, 0.15) is 348 Å². The van der Waals surface area contributed by atoms with Crippen LogP contribution in [0.15, 0.2) is 36.5 Å². The molecule has 68 heavy (non-hydrogen) atoms. The summed E-state index contributed by atoms with van der Waals surface area (Å²) < 4.78 is 0. The maximum atomic E-state index is 12.5. The van der Waals surface area contributed by atoms with Crippen LogP contribution in [0.5, 0.6) is 0 Å². The molecule has 0 aliphatic rings. The first kappa shape index (κ1) is 66.6. The summed E-state index contributed by atoms with van der Waals surface area (Å²) in [5, 5.41) is 23.2. The topological polar surface area (TPSA) is 69.6 Å². The molecule has 0 aliphatic heterocycles. The molecule has 2 unspecified atom stereocenters. The minimum atomic E-state index is -0.839. The fourth-order valence-electron chi connectivity index (χ4n) is 9.86. The van der Waals surface area contributed by atoms with Crippen LogP contribution in [0.2, 0.25) is 0 Å². The number of rotatable bonds is 58. The number of aliphatic hydroxyl groups excluding tert-OH is 2. The average molecular weight is 955 g/mol. The maximum absolute atomic E-state index is 12.5. The normalized spacial score (nSPS) is 12.9. The minimum Gasteiger partial charge on any atom is -0.394 e. The lowest BCUT2D eigenvalue weighted by Gasteiger charge is -2.20. The average Bonchev–Trinajstić information content (AvgIpc) is 3.34. The molecule has 0 aromatic heterocycles. The molecular formula is C64H123NO3. The van der Waals surface area contributed by atoms with E-state index in [9.17, 15) is 15.0 Å². The van der Waals surface area contributed by atoms with E-state index in [-0.39, 0.29) is 12.5 Å². The third kappa shape index (κ3) is 55.5. The molecule has 3 N–H and O–H groups in total. The molecule has 0 fully saturated rings. The molecule has 4 nitrogen and oxygen atoms in total. The Labute approximate surface area is 427 Å². The molecule has 2 atom stereocenters. The maximum Gasteiger partial charge on any atom is 0.220 e. The van der Waals surface area contributed by atoms with E-state index >= 15 is 0 Å². The van der Waals surface area contributed by atoms with Gasteiger partial charge in [-0.1, -0.05) is 326 Å². The fourth-order valence-corrected chi connectivity index (χ4v) is 9.86. The summed E-state index contributed by atoms with van der Waals surface area (Å²) in [7, 11) is 0. The number of nitrogens with one attached hydrogen (secondary N) is 1. The van der Waals surface area contributed by atoms with E-state index in [1.54, 1.807) is 6.08 Å². The van der Waals surface area contributed by atoms with Crippen molar-refractivity contribution < 1.29 is 15.0 Å². The van der Waals surface area contributed by atoms with Crippen LogP contribution in [-0.2, 0) is 4.79 Å². The highest BCUT2D eigenvalue weighted by Crippen LogP contribution is 2.18. The number of hydrogen-bond acceptors (Lipinski definition) is 3. The first-order chi connectivity index (χ1) is 33.7. The Morgan fingerprint density at radius 1 is 0.353 bits per heavy atom. The lowest BCUT2D eigenvalue weighted by Crippen LogP contribution is -2.45. The SMILES string of the molecule is CCCCCCCCCCCCCCC/C=C\C/C=C\CCCCCCCCCCCCCCCCCCCC(=O)NC(CO)C(O)/C=C/CCCCCCCCCCCCCCCCCCC. The predicted molar refractivity (Wildman–Crippen MR) is 304 cm³/mol. The molecule has 0 saturated heterocycles. The van der Waals surface area contributed by atoms with Crippen molar-refractivity contribution in [2.24, 2.45) is 0 Å². The highest BCUT2D eigenvalue weighted by Gasteiger charge is 2.18. The second-order valence-electron chi connectivity index (χ2n) is 21.5. The summed E-state index contributed by atoms with van der Waals surface area (Å²) in [6, 6.07) is -0.622. The quantitative estimate of drug-likeness (QED) is 0.0420. The monoisotopic (exact) mass is 954 g/mol. The lowest BCUT2D eigenvalue weighted by molar-refractivity contribution is -0.123. The van der Waals surface area contributed by atoms with Crippen molar-refractivity contribution in [3.63, 3.8) is 0 Å². The van der Waals surface area contributed by atoms with Crippen molar-refractivity contribution in [1.29, 1.82) is 0 Å². The standard InChI is InChI=1S/C64H123NO3/c1-3-5-7-9-11-13-15-17-19-21-23-24-25-26-27-28-29-30-31-32-33-34-35-36-37-38-39-40-42-44-46-48-50-52-54-56-58-60-64(68)65-62(61-66)63(67)59-57-55-53-51-49-47-45-43-41-22-20-18-16-14-12-10-8-6-4-2/h27-28,30-31,57,59,62-63,66-67H,3-26,29,32-56,58,60-61H2,1-2H3,(H,65,68)/b28-27-,31-30-,59-57+. The Morgan fingerprint density at radius 2 is 0.603 bits per heavy atom. The molecule has 0 aliphatic carbocycles. The van der Waals surface area contributed by atoms with E-state index in [1.165, 1.54) is 295 Å². The molecule has 0 bridgehead atoms. The Balaban J connectivity index is 3.43. The summed E-state index contributed by atoms with van der Waals surface area (Å²) in [5.74, 6) is -0.0585. The Morgan fingerprint density at radius 3 is 0.882 bits per heavy atom. The number of hydrogen-bond donors (Lipinski definition) is 3. The first-order valence-corrected chi connectivity index (χ1v) is 31.2. The van der Waals surface area contributed by atoms with Gasteiger partial charge in [0.2, 0.25) is 5.91 Å². The van der Waals surface area contributed by atoms with Gasteiger partial charge in [0.1, 0.15) is 0 Å². The van der Waals surface area contributed by atoms with Crippen molar-refractivity contribution in [2.75, 3.05) is 6.61 Å². The molecule has 0 saturated carbocycles. The zero-order valence-electron chi connectivity index (χ0n) is 46.4. The largest absolute Gasteiger partial charge is 0.394 e. The Hall–Kier alpha value is -1.39. The molecule has 0 rings (SSSR count). The second kappa shape index (κ2) is 59.9. The molecule has 4 heteroatoms. The third-order valence-corrected chi connectivity index (χ3v) is 14.6. The zero-order valence-corrected chi connectivity index (χ0v) is 46.4. The molecule has 0 spiro atoms. The van der Waals surface area contributed by atoms with Gasteiger partial charge >= 0.3 is 0 Å². The molecule has 0 radical (unpaired) electrons. The van der Waals surface area contributed by atoms with Gasteiger partial charge in [0.25, 0.3) is 0 Å². The Bertz CT molecular complexity index is 1040. The van der Waals surface area contributed by atoms with Crippen molar-refractivity contribution >= 4 is 5.91 Å². The molecule has 0 aromatic rings. The van der Waals surface area contributed by atoms with Gasteiger partial charge in [-0.25, -0.2) is 0 Å². The Kier molecular flexibility index (Phi) is 58.7. The predicted octanol–water partition coefficient (Wildman–Crippen LogP) is 20.8. The minimum absolute atomic E-state index is 0.0585. The lowest BCUT2D eigenvalue weighted by atomic mass is 10.0. The summed E-state index contributed by atoms with van der Waals surface area (Å²) >= 11 is 0. The van der Waals surface area contributed by atoms with Crippen LogP contribution in [0, 0.1) is 0 Å². The van der Waals surface area contributed by atoms with Gasteiger partial charge in [0.15, 0.2) is 0 Å². The van der Waals surface area contributed by atoms with Crippen LogP contribution < -0.4 is 5.32 Å². The fraction of sp³-hybridized carbons (Fsp3) is 0.891. The van der Waals surface area contributed by atoms with Crippen molar-refractivity contribution in [3.05, 3.63) is 36.5 Å². The zero-order chi connectivity index (χ0) is 49.2. The van der Waals surface area contributed by atoms with Crippen LogP contribution >= 0.6 is 0 Å². The van der Waals surface area contributed by atoms with Gasteiger partial charge in [-0.3, -0.25) is 4.79 Å². The van der Waals surface area contributed by atoms with E-state index in [0.29, 0.717) is 6.42 Å². The molecular weight excluding hydrogens is 831 g/mol. The van der Waals surface area contributed by atoms with Crippen LogP contribution in [0.3, 0.4) is 0 Å². The number of unbranched alkanes of at least 4 members (excludes halogenated alkanes) is 47. The van der Waals surface area contributed by atoms with E-state index in [0.717, 1.165) is 32.1 Å². The number of allylic oxidation sites excluding steroid dienone is 5. The van der Waals surface area contributed by atoms with Crippen LogP contribution in [0.4, 0.5) is 0 Å². The number of carbonyl (C=O) groups excluding carboxylic acids is 1.